The normalized spacial score (nSPS) is 20.1. The van der Waals surface area contributed by atoms with Gasteiger partial charge in [-0.05, 0) is 31.6 Å². The van der Waals surface area contributed by atoms with Gasteiger partial charge in [-0.1, -0.05) is 45.2 Å². The van der Waals surface area contributed by atoms with Crippen LogP contribution in [0.5, 0.6) is 0 Å². The Morgan fingerprint density at radius 3 is 2.45 bits per heavy atom. The minimum atomic E-state index is -0.359. The summed E-state index contributed by atoms with van der Waals surface area (Å²) in [6.07, 6.45) is 6.61. The minimum Gasteiger partial charge on any atom is -0.409 e. The third-order valence-electron chi connectivity index (χ3n) is 4.20. The first-order valence-electron chi connectivity index (χ1n) is 7.73. The summed E-state index contributed by atoms with van der Waals surface area (Å²) in [4.78, 5) is 12.7. The van der Waals surface area contributed by atoms with Crippen LogP contribution in [0.15, 0.2) is 5.16 Å². The predicted molar refractivity (Wildman–Crippen MR) is 80.6 cm³/mol. The number of hydrogen-bond donors (Lipinski definition) is 3. The SMILES string of the molecule is CCCC(NC(=O)C1(CC(C)C)CCCC1)C(N)=NO. The van der Waals surface area contributed by atoms with E-state index >= 15 is 0 Å². The van der Waals surface area contributed by atoms with Crippen molar-refractivity contribution in [2.45, 2.75) is 71.8 Å². The zero-order chi connectivity index (χ0) is 15.2. The van der Waals surface area contributed by atoms with Crippen molar-refractivity contribution in [3.63, 3.8) is 0 Å². The molecule has 1 aliphatic rings. The van der Waals surface area contributed by atoms with Crippen LogP contribution < -0.4 is 11.1 Å². The standard InChI is InChI=1S/C15H29N3O2/c1-4-7-12(13(16)18-20)17-14(19)15(10-11(2)3)8-5-6-9-15/h11-12,20H,4-10H2,1-3H3,(H2,16,18)(H,17,19). The molecule has 1 fully saturated rings. The van der Waals surface area contributed by atoms with Crippen molar-refractivity contribution in [1.82, 2.24) is 5.32 Å². The van der Waals surface area contributed by atoms with E-state index in [1.165, 1.54) is 0 Å². The Morgan fingerprint density at radius 1 is 1.40 bits per heavy atom. The highest BCUT2D eigenvalue weighted by Crippen LogP contribution is 2.43. The second-order valence-electron chi connectivity index (χ2n) is 6.42. The number of amidine groups is 1. The smallest absolute Gasteiger partial charge is 0.226 e. The van der Waals surface area contributed by atoms with Gasteiger partial charge >= 0.3 is 0 Å². The molecule has 5 heteroatoms. The molecular formula is C15H29N3O2. The van der Waals surface area contributed by atoms with Gasteiger partial charge in [0, 0.05) is 5.41 Å². The molecule has 1 rings (SSSR count). The van der Waals surface area contributed by atoms with Crippen molar-refractivity contribution in [2.24, 2.45) is 22.2 Å². The van der Waals surface area contributed by atoms with Crippen molar-refractivity contribution in [3.8, 4) is 0 Å². The maximum Gasteiger partial charge on any atom is 0.226 e. The Kier molecular flexibility index (Phi) is 6.30. The number of carbonyl (C=O) groups excluding carboxylic acids is 1. The molecule has 0 aromatic carbocycles. The average Bonchev–Trinajstić information content (AvgIpc) is 2.86. The van der Waals surface area contributed by atoms with E-state index in [-0.39, 0.29) is 23.2 Å². The van der Waals surface area contributed by atoms with Gasteiger partial charge < -0.3 is 16.3 Å². The fourth-order valence-electron chi connectivity index (χ4n) is 3.32. The maximum atomic E-state index is 12.7. The molecule has 0 aromatic heterocycles. The van der Waals surface area contributed by atoms with Gasteiger partial charge in [-0.3, -0.25) is 4.79 Å². The van der Waals surface area contributed by atoms with Gasteiger partial charge in [-0.25, -0.2) is 0 Å². The van der Waals surface area contributed by atoms with Crippen LogP contribution in [0.1, 0.15) is 65.7 Å². The third-order valence-corrected chi connectivity index (χ3v) is 4.20. The van der Waals surface area contributed by atoms with E-state index in [2.05, 4.69) is 24.3 Å². The molecule has 0 spiro atoms. The van der Waals surface area contributed by atoms with Crippen LogP contribution in [0.2, 0.25) is 0 Å². The molecule has 0 saturated heterocycles. The van der Waals surface area contributed by atoms with Gasteiger partial charge in [-0.15, -0.1) is 0 Å². The highest BCUT2D eigenvalue weighted by molar-refractivity contribution is 5.91. The number of amides is 1. The molecule has 1 atom stereocenters. The van der Waals surface area contributed by atoms with Gasteiger partial charge in [0.05, 0.1) is 6.04 Å². The lowest BCUT2D eigenvalue weighted by Crippen LogP contribution is -2.50. The molecule has 0 radical (unpaired) electrons. The molecule has 5 nitrogen and oxygen atoms in total. The van der Waals surface area contributed by atoms with Crippen LogP contribution in [0.25, 0.3) is 0 Å². The molecule has 4 N–H and O–H groups in total. The molecule has 0 heterocycles. The fraction of sp³-hybridized carbons (Fsp3) is 0.867. The average molecular weight is 283 g/mol. The summed E-state index contributed by atoms with van der Waals surface area (Å²) in [5, 5.41) is 14.9. The van der Waals surface area contributed by atoms with E-state index < -0.39 is 0 Å². The number of nitrogens with one attached hydrogen (secondary N) is 1. The van der Waals surface area contributed by atoms with Gasteiger partial charge in [-0.2, -0.15) is 0 Å². The van der Waals surface area contributed by atoms with E-state index in [0.717, 1.165) is 38.5 Å². The number of rotatable bonds is 7. The molecule has 0 aromatic rings. The van der Waals surface area contributed by atoms with Gasteiger partial charge in [0.1, 0.15) is 0 Å². The number of nitrogens with two attached hydrogens (primary N) is 1. The van der Waals surface area contributed by atoms with E-state index in [9.17, 15) is 4.79 Å². The van der Waals surface area contributed by atoms with E-state index in [1.807, 2.05) is 6.92 Å². The summed E-state index contributed by atoms with van der Waals surface area (Å²) in [5.41, 5.74) is 5.43. The first-order chi connectivity index (χ1) is 9.45. The monoisotopic (exact) mass is 283 g/mol. The number of hydrogen-bond acceptors (Lipinski definition) is 3. The van der Waals surface area contributed by atoms with Crippen LogP contribution >= 0.6 is 0 Å². The van der Waals surface area contributed by atoms with Crippen LogP contribution in [0.3, 0.4) is 0 Å². The number of carbonyl (C=O) groups is 1. The zero-order valence-electron chi connectivity index (χ0n) is 13.0. The second kappa shape index (κ2) is 7.50. The Bertz CT molecular complexity index is 347. The van der Waals surface area contributed by atoms with Crippen LogP contribution in [0, 0.1) is 11.3 Å². The van der Waals surface area contributed by atoms with Gasteiger partial charge in [0.2, 0.25) is 5.91 Å². The Labute approximate surface area is 122 Å². The predicted octanol–water partition coefficient (Wildman–Crippen LogP) is 2.62. The van der Waals surface area contributed by atoms with Crippen LogP contribution in [-0.4, -0.2) is 23.0 Å². The summed E-state index contributed by atoms with van der Waals surface area (Å²) in [7, 11) is 0. The van der Waals surface area contributed by atoms with Crippen molar-refractivity contribution in [1.29, 1.82) is 0 Å². The number of oxime groups is 1. The summed E-state index contributed by atoms with van der Waals surface area (Å²) in [5.74, 6) is 0.666. The van der Waals surface area contributed by atoms with Gasteiger partial charge in [0.25, 0.3) is 0 Å². The maximum absolute atomic E-state index is 12.7. The molecule has 116 valence electrons. The molecule has 1 saturated carbocycles. The highest BCUT2D eigenvalue weighted by Gasteiger charge is 2.42. The highest BCUT2D eigenvalue weighted by atomic mass is 16.4. The van der Waals surface area contributed by atoms with Gasteiger partial charge in [0.15, 0.2) is 5.84 Å². The van der Waals surface area contributed by atoms with Crippen molar-refractivity contribution in [3.05, 3.63) is 0 Å². The fourth-order valence-corrected chi connectivity index (χ4v) is 3.32. The molecule has 1 amide bonds. The van der Waals surface area contributed by atoms with Crippen molar-refractivity contribution >= 4 is 11.7 Å². The van der Waals surface area contributed by atoms with Crippen LogP contribution in [0.4, 0.5) is 0 Å². The van der Waals surface area contributed by atoms with Crippen LogP contribution in [-0.2, 0) is 4.79 Å². The zero-order valence-corrected chi connectivity index (χ0v) is 13.0. The lowest BCUT2D eigenvalue weighted by Gasteiger charge is -2.31. The molecule has 1 unspecified atom stereocenters. The van der Waals surface area contributed by atoms with E-state index in [1.54, 1.807) is 0 Å². The summed E-state index contributed by atoms with van der Waals surface area (Å²) < 4.78 is 0. The summed E-state index contributed by atoms with van der Waals surface area (Å²) >= 11 is 0. The summed E-state index contributed by atoms with van der Waals surface area (Å²) in [6.45, 7) is 6.32. The number of nitrogens with zero attached hydrogens (tertiary/aromatic N) is 1. The minimum absolute atomic E-state index is 0.0775. The first-order valence-corrected chi connectivity index (χ1v) is 7.73. The van der Waals surface area contributed by atoms with E-state index in [4.69, 9.17) is 10.9 Å². The van der Waals surface area contributed by atoms with Crippen molar-refractivity contribution < 1.29 is 10.0 Å². The molecule has 1 aliphatic carbocycles. The Hall–Kier alpha value is -1.26. The Morgan fingerprint density at radius 2 is 2.00 bits per heavy atom. The summed E-state index contributed by atoms with van der Waals surface area (Å²) in [6, 6.07) is -0.359. The lowest BCUT2D eigenvalue weighted by molar-refractivity contribution is -0.132. The second-order valence-corrected chi connectivity index (χ2v) is 6.42. The topological polar surface area (TPSA) is 87.7 Å². The third kappa shape index (κ3) is 4.12. The lowest BCUT2D eigenvalue weighted by atomic mass is 9.77. The molecule has 0 aliphatic heterocycles. The largest absolute Gasteiger partial charge is 0.409 e. The molecule has 20 heavy (non-hydrogen) atoms. The first kappa shape index (κ1) is 16.8. The van der Waals surface area contributed by atoms with E-state index in [0.29, 0.717) is 12.3 Å². The molecular weight excluding hydrogens is 254 g/mol. The Balaban J connectivity index is 2.79. The quantitative estimate of drug-likeness (QED) is 0.290. The van der Waals surface area contributed by atoms with Crippen molar-refractivity contribution in [2.75, 3.05) is 0 Å². The molecule has 0 bridgehead atoms.